The van der Waals surface area contributed by atoms with Crippen LogP contribution in [0.1, 0.15) is 6.42 Å². The smallest absolute Gasteiger partial charge is 0.0653 e. The zero-order valence-corrected chi connectivity index (χ0v) is 4.39. The van der Waals surface area contributed by atoms with Gasteiger partial charge in [-0.05, 0) is 0 Å². The van der Waals surface area contributed by atoms with Crippen LogP contribution >= 0.6 is 0 Å². The van der Waals surface area contributed by atoms with E-state index in [0.29, 0.717) is 0 Å². The summed E-state index contributed by atoms with van der Waals surface area (Å²) in [5, 5.41) is 0. The first-order chi connectivity index (χ1) is 3.43. The maximum atomic E-state index is 5.28. The van der Waals surface area contributed by atoms with E-state index < -0.39 is 0 Å². The highest BCUT2D eigenvalue weighted by molar-refractivity contribution is 6.08. The van der Waals surface area contributed by atoms with Crippen LogP contribution in [0.3, 0.4) is 0 Å². The number of hydrogen-bond donors (Lipinski definition) is 0. The molecule has 0 atom stereocenters. The largest absolute Gasteiger partial charge is 0.381 e. The van der Waals surface area contributed by atoms with Crippen molar-refractivity contribution in [3.05, 3.63) is 0 Å². The van der Waals surface area contributed by atoms with E-state index in [1.807, 2.05) is 0 Å². The fourth-order valence-electron chi connectivity index (χ4n) is 0.687. The van der Waals surface area contributed by atoms with Gasteiger partial charge in [0, 0.05) is 5.92 Å². The second-order valence-electron chi connectivity index (χ2n) is 1.98. The van der Waals surface area contributed by atoms with Crippen LogP contribution in [0, 0.1) is 5.92 Å². The van der Waals surface area contributed by atoms with E-state index >= 15 is 0 Å². The molecule has 0 spiro atoms. The van der Waals surface area contributed by atoms with Crippen molar-refractivity contribution in [3.8, 4) is 0 Å². The van der Waals surface area contributed by atoms with E-state index in [1.54, 1.807) is 0 Å². The minimum Gasteiger partial charge on any atom is -0.381 e. The van der Waals surface area contributed by atoms with Gasteiger partial charge in [-0.3, -0.25) is 0 Å². The van der Waals surface area contributed by atoms with Crippen LogP contribution in [0.5, 0.6) is 0 Å². The molecule has 0 amide bonds. The molecular formula is C5H9BO. The van der Waals surface area contributed by atoms with Crippen molar-refractivity contribution >= 4 is 7.85 Å². The third-order valence-electron chi connectivity index (χ3n) is 1.28. The summed E-state index contributed by atoms with van der Waals surface area (Å²) >= 11 is 0. The molecule has 7 heavy (non-hydrogen) atoms. The lowest BCUT2D eigenvalue weighted by molar-refractivity contribution is -0.0330. The summed E-state index contributed by atoms with van der Waals surface area (Å²) < 4.78 is 4.93. The van der Waals surface area contributed by atoms with Gasteiger partial charge >= 0.3 is 0 Å². The van der Waals surface area contributed by atoms with Gasteiger partial charge in [0.1, 0.15) is 0 Å². The highest BCUT2D eigenvalue weighted by Gasteiger charge is 2.15. The van der Waals surface area contributed by atoms with Crippen LogP contribution in [0.4, 0.5) is 0 Å². The Morgan fingerprint density at radius 1 is 1.57 bits per heavy atom. The van der Waals surface area contributed by atoms with Gasteiger partial charge in [0.15, 0.2) is 0 Å². The quantitative estimate of drug-likeness (QED) is 0.457. The Hall–Kier alpha value is 0.0249. The Balaban J connectivity index is 1.93. The predicted octanol–water partition coefficient (Wildman–Crippen LogP) is 0.610. The molecule has 0 saturated carbocycles. The van der Waals surface area contributed by atoms with E-state index in [2.05, 4.69) is 0 Å². The van der Waals surface area contributed by atoms with Crippen LogP contribution in [-0.4, -0.2) is 21.1 Å². The molecule has 1 heterocycles. The molecule has 1 fully saturated rings. The van der Waals surface area contributed by atoms with Crippen molar-refractivity contribution in [2.45, 2.75) is 12.7 Å². The second-order valence-corrected chi connectivity index (χ2v) is 1.98. The fraction of sp³-hybridized carbons (Fsp3) is 1.00. The summed E-state index contributed by atoms with van der Waals surface area (Å²) in [5.74, 6) is 0.782. The molecule has 0 N–H and O–H groups in total. The average Bonchev–Trinajstić information content (AvgIpc) is 1.55. The van der Waals surface area contributed by atoms with Gasteiger partial charge in [0.05, 0.1) is 21.1 Å². The fourth-order valence-corrected chi connectivity index (χ4v) is 0.687. The van der Waals surface area contributed by atoms with E-state index in [9.17, 15) is 0 Å². The van der Waals surface area contributed by atoms with Gasteiger partial charge in [-0.15, -0.1) is 0 Å². The molecule has 1 aliphatic heterocycles. The minimum atomic E-state index is 0.782. The molecule has 0 bridgehead atoms. The summed E-state index contributed by atoms with van der Waals surface area (Å²) in [6, 6.07) is 0. The first-order valence-electron chi connectivity index (χ1n) is 2.71. The van der Waals surface area contributed by atoms with Crippen molar-refractivity contribution in [1.29, 1.82) is 0 Å². The first-order valence-corrected chi connectivity index (χ1v) is 2.71. The predicted molar refractivity (Wildman–Crippen MR) is 29.5 cm³/mol. The summed E-state index contributed by atoms with van der Waals surface area (Å²) in [6.07, 6.45) is 1.95. The molecule has 2 radical (unpaired) electrons. The Morgan fingerprint density at radius 2 is 2.29 bits per heavy atom. The molecular weight excluding hydrogens is 86.9 g/mol. The normalized spacial score (nSPS) is 21.7. The average molecular weight is 95.9 g/mol. The lowest BCUT2D eigenvalue weighted by Crippen LogP contribution is -2.26. The maximum Gasteiger partial charge on any atom is 0.0653 e. The Kier molecular flexibility index (Phi) is 1.74. The van der Waals surface area contributed by atoms with Gasteiger partial charge in [-0.25, -0.2) is 0 Å². The molecule has 1 saturated heterocycles. The molecule has 0 unspecified atom stereocenters. The molecule has 0 aromatic carbocycles. The van der Waals surface area contributed by atoms with Crippen molar-refractivity contribution in [2.24, 2.45) is 5.92 Å². The second kappa shape index (κ2) is 2.36. The molecule has 0 aliphatic carbocycles. The highest BCUT2D eigenvalue weighted by atomic mass is 16.5. The number of hydrogen-bond acceptors (Lipinski definition) is 1. The van der Waals surface area contributed by atoms with Crippen molar-refractivity contribution in [2.75, 3.05) is 13.2 Å². The third kappa shape index (κ3) is 1.20. The van der Waals surface area contributed by atoms with Crippen LogP contribution < -0.4 is 0 Å². The summed E-state index contributed by atoms with van der Waals surface area (Å²) in [4.78, 5) is 0. The monoisotopic (exact) mass is 96.1 g/mol. The summed E-state index contributed by atoms with van der Waals surface area (Å²) in [5.41, 5.74) is 0. The molecule has 0 aromatic heterocycles. The van der Waals surface area contributed by atoms with Crippen molar-refractivity contribution in [1.82, 2.24) is 0 Å². The molecule has 1 aliphatic rings. The molecule has 1 nitrogen and oxygen atoms in total. The molecule has 38 valence electrons. The zero-order valence-electron chi connectivity index (χ0n) is 4.39. The van der Waals surface area contributed by atoms with Gasteiger partial charge < -0.3 is 4.74 Å². The van der Waals surface area contributed by atoms with E-state index in [-0.39, 0.29) is 0 Å². The minimum absolute atomic E-state index is 0.782. The first kappa shape index (κ1) is 5.17. The summed E-state index contributed by atoms with van der Waals surface area (Å²) in [6.45, 7) is 1.88. The van der Waals surface area contributed by atoms with Crippen LogP contribution in [0.2, 0.25) is 6.32 Å². The van der Waals surface area contributed by atoms with E-state index in [1.165, 1.54) is 0 Å². The SMILES string of the molecule is [B]CCC1COC1. The van der Waals surface area contributed by atoms with Crippen LogP contribution in [0.25, 0.3) is 0 Å². The standard InChI is InChI=1S/C5H9BO/c6-2-1-5-3-7-4-5/h5H,1-4H2. The number of ether oxygens (including phenoxy) is 1. The third-order valence-corrected chi connectivity index (χ3v) is 1.28. The Labute approximate surface area is 45.5 Å². The molecule has 0 aromatic rings. The van der Waals surface area contributed by atoms with Crippen molar-refractivity contribution < 1.29 is 4.74 Å². The number of rotatable bonds is 2. The molecule has 1 rings (SSSR count). The van der Waals surface area contributed by atoms with Gasteiger partial charge in [0.2, 0.25) is 0 Å². The van der Waals surface area contributed by atoms with Crippen LogP contribution in [-0.2, 0) is 4.74 Å². The zero-order chi connectivity index (χ0) is 5.11. The Bertz CT molecular complexity index is 52.0. The van der Waals surface area contributed by atoms with E-state index in [0.717, 1.165) is 31.9 Å². The van der Waals surface area contributed by atoms with Gasteiger partial charge in [-0.1, -0.05) is 12.7 Å². The topological polar surface area (TPSA) is 9.23 Å². The van der Waals surface area contributed by atoms with Crippen molar-refractivity contribution in [3.63, 3.8) is 0 Å². The Morgan fingerprint density at radius 3 is 2.43 bits per heavy atom. The van der Waals surface area contributed by atoms with Gasteiger partial charge in [-0.2, -0.15) is 0 Å². The summed E-state index contributed by atoms with van der Waals surface area (Å²) in [7, 11) is 5.28. The molecule has 2 heteroatoms. The van der Waals surface area contributed by atoms with Crippen LogP contribution in [0.15, 0.2) is 0 Å². The van der Waals surface area contributed by atoms with E-state index in [4.69, 9.17) is 12.6 Å². The maximum absolute atomic E-state index is 5.28. The highest BCUT2D eigenvalue weighted by Crippen LogP contribution is 2.14. The lowest BCUT2D eigenvalue weighted by Gasteiger charge is -2.25. The van der Waals surface area contributed by atoms with Gasteiger partial charge in [0.25, 0.3) is 0 Å². The lowest BCUT2D eigenvalue weighted by atomic mass is 9.92.